The number of rotatable bonds is 2. The molecule has 0 aromatic rings. The summed E-state index contributed by atoms with van der Waals surface area (Å²) in [5.41, 5.74) is 5.89. The maximum atomic E-state index is 5.89. The summed E-state index contributed by atoms with van der Waals surface area (Å²) in [5, 5.41) is 0. The van der Waals surface area contributed by atoms with Gasteiger partial charge in [0.15, 0.2) is 0 Å². The predicted molar refractivity (Wildman–Crippen MR) is 41.8 cm³/mol. The second kappa shape index (κ2) is 3.94. The first-order chi connectivity index (χ1) is 4.84. The first-order valence-electron chi connectivity index (χ1n) is 4.18. The van der Waals surface area contributed by atoms with E-state index in [2.05, 4.69) is 6.92 Å². The van der Waals surface area contributed by atoms with Gasteiger partial charge in [0.1, 0.15) is 0 Å². The molecular formula is C8H17NO. The average Bonchev–Trinajstić information content (AvgIpc) is 1.94. The number of hydrogen-bond acceptors (Lipinski definition) is 2. The molecule has 0 saturated carbocycles. The van der Waals surface area contributed by atoms with Gasteiger partial charge in [-0.3, -0.25) is 0 Å². The fraction of sp³-hybridized carbons (Fsp3) is 1.00. The molecule has 2 atom stereocenters. The molecule has 1 aliphatic heterocycles. The van der Waals surface area contributed by atoms with Gasteiger partial charge in [-0.15, -0.1) is 0 Å². The van der Waals surface area contributed by atoms with Crippen molar-refractivity contribution in [1.29, 1.82) is 0 Å². The molecule has 2 nitrogen and oxygen atoms in total. The molecule has 0 aromatic carbocycles. The minimum Gasteiger partial charge on any atom is -0.381 e. The van der Waals surface area contributed by atoms with E-state index < -0.39 is 0 Å². The molecule has 1 fully saturated rings. The third-order valence-corrected chi connectivity index (χ3v) is 2.19. The summed E-state index contributed by atoms with van der Waals surface area (Å²) in [6.07, 6.45) is 3.49. The van der Waals surface area contributed by atoms with Crippen LogP contribution >= 0.6 is 0 Å². The van der Waals surface area contributed by atoms with Crippen LogP contribution in [0.3, 0.4) is 0 Å². The predicted octanol–water partition coefficient (Wildman–Crippen LogP) is 1.15. The van der Waals surface area contributed by atoms with E-state index in [4.69, 9.17) is 10.5 Å². The van der Waals surface area contributed by atoms with Gasteiger partial charge in [-0.1, -0.05) is 13.3 Å². The molecule has 0 bridgehead atoms. The minimum absolute atomic E-state index is 0.397. The Morgan fingerprint density at radius 1 is 1.60 bits per heavy atom. The van der Waals surface area contributed by atoms with E-state index in [0.717, 1.165) is 19.6 Å². The van der Waals surface area contributed by atoms with E-state index in [1.807, 2.05) is 0 Å². The summed E-state index contributed by atoms with van der Waals surface area (Å²) in [7, 11) is 0. The van der Waals surface area contributed by atoms with E-state index in [1.165, 1.54) is 12.8 Å². The quantitative estimate of drug-likeness (QED) is 0.629. The summed E-state index contributed by atoms with van der Waals surface area (Å²) < 4.78 is 5.33. The SMILES string of the molecule is CCCC1COCCC1N. The van der Waals surface area contributed by atoms with Crippen molar-refractivity contribution in [2.24, 2.45) is 11.7 Å². The number of ether oxygens (including phenoxy) is 1. The van der Waals surface area contributed by atoms with E-state index in [9.17, 15) is 0 Å². The van der Waals surface area contributed by atoms with E-state index >= 15 is 0 Å². The van der Waals surface area contributed by atoms with Crippen molar-refractivity contribution in [3.63, 3.8) is 0 Å². The van der Waals surface area contributed by atoms with Crippen LogP contribution in [-0.4, -0.2) is 19.3 Å². The van der Waals surface area contributed by atoms with Crippen molar-refractivity contribution in [3.8, 4) is 0 Å². The normalized spacial score (nSPS) is 34.2. The summed E-state index contributed by atoms with van der Waals surface area (Å²) in [6.45, 7) is 3.94. The van der Waals surface area contributed by atoms with Gasteiger partial charge in [0.25, 0.3) is 0 Å². The molecule has 2 unspecified atom stereocenters. The zero-order valence-electron chi connectivity index (χ0n) is 6.68. The number of hydrogen-bond donors (Lipinski definition) is 1. The monoisotopic (exact) mass is 143 g/mol. The molecule has 0 aromatic heterocycles. The molecule has 2 N–H and O–H groups in total. The minimum atomic E-state index is 0.397. The van der Waals surface area contributed by atoms with Gasteiger partial charge in [0.05, 0.1) is 6.61 Å². The maximum Gasteiger partial charge on any atom is 0.0509 e. The molecule has 10 heavy (non-hydrogen) atoms. The average molecular weight is 143 g/mol. The van der Waals surface area contributed by atoms with E-state index in [-0.39, 0.29) is 0 Å². The Morgan fingerprint density at radius 3 is 3.00 bits per heavy atom. The molecule has 60 valence electrons. The Labute approximate surface area is 62.7 Å². The van der Waals surface area contributed by atoms with E-state index in [1.54, 1.807) is 0 Å². The van der Waals surface area contributed by atoms with Gasteiger partial charge in [-0.2, -0.15) is 0 Å². The Bertz CT molecular complexity index is 93.3. The molecule has 2 heteroatoms. The summed E-state index contributed by atoms with van der Waals surface area (Å²) in [6, 6.07) is 0.397. The third kappa shape index (κ3) is 1.96. The lowest BCUT2D eigenvalue weighted by atomic mass is 9.92. The van der Waals surface area contributed by atoms with Gasteiger partial charge in [0, 0.05) is 12.6 Å². The van der Waals surface area contributed by atoms with Crippen molar-refractivity contribution in [1.82, 2.24) is 0 Å². The fourth-order valence-corrected chi connectivity index (χ4v) is 1.48. The van der Waals surface area contributed by atoms with Crippen LogP contribution in [0.2, 0.25) is 0 Å². The van der Waals surface area contributed by atoms with Gasteiger partial charge in [-0.05, 0) is 18.8 Å². The Morgan fingerprint density at radius 2 is 2.40 bits per heavy atom. The van der Waals surface area contributed by atoms with Crippen molar-refractivity contribution < 1.29 is 4.74 Å². The third-order valence-electron chi connectivity index (χ3n) is 2.19. The van der Waals surface area contributed by atoms with Crippen LogP contribution in [-0.2, 0) is 4.74 Å². The fourth-order valence-electron chi connectivity index (χ4n) is 1.48. The zero-order valence-corrected chi connectivity index (χ0v) is 6.68. The van der Waals surface area contributed by atoms with Crippen molar-refractivity contribution in [3.05, 3.63) is 0 Å². The zero-order chi connectivity index (χ0) is 7.40. The second-order valence-electron chi connectivity index (χ2n) is 3.08. The number of nitrogens with two attached hydrogens (primary N) is 1. The van der Waals surface area contributed by atoms with Crippen LogP contribution in [0.25, 0.3) is 0 Å². The molecular weight excluding hydrogens is 126 g/mol. The standard InChI is InChI=1S/C8H17NO/c1-2-3-7-6-10-5-4-8(7)9/h7-8H,2-6,9H2,1H3. The topological polar surface area (TPSA) is 35.2 Å². The molecule has 1 aliphatic rings. The van der Waals surface area contributed by atoms with Crippen LogP contribution in [0, 0.1) is 5.92 Å². The lowest BCUT2D eigenvalue weighted by Gasteiger charge is -2.28. The second-order valence-corrected chi connectivity index (χ2v) is 3.08. The van der Waals surface area contributed by atoms with Gasteiger partial charge >= 0.3 is 0 Å². The first kappa shape index (κ1) is 8.02. The van der Waals surface area contributed by atoms with Crippen molar-refractivity contribution in [2.75, 3.05) is 13.2 Å². The van der Waals surface area contributed by atoms with Crippen molar-refractivity contribution in [2.45, 2.75) is 32.2 Å². The molecule has 0 amide bonds. The van der Waals surface area contributed by atoms with Gasteiger partial charge < -0.3 is 10.5 Å². The summed E-state index contributed by atoms with van der Waals surface area (Å²) in [5.74, 6) is 0.624. The van der Waals surface area contributed by atoms with Gasteiger partial charge in [0.2, 0.25) is 0 Å². The Kier molecular flexibility index (Phi) is 3.16. The maximum absolute atomic E-state index is 5.89. The Hall–Kier alpha value is -0.0800. The van der Waals surface area contributed by atoms with Crippen LogP contribution < -0.4 is 5.73 Å². The Balaban J connectivity index is 2.25. The largest absolute Gasteiger partial charge is 0.381 e. The highest BCUT2D eigenvalue weighted by atomic mass is 16.5. The van der Waals surface area contributed by atoms with Crippen LogP contribution in [0.5, 0.6) is 0 Å². The lowest BCUT2D eigenvalue weighted by molar-refractivity contribution is 0.0386. The summed E-state index contributed by atoms with van der Waals surface area (Å²) >= 11 is 0. The highest BCUT2D eigenvalue weighted by Crippen LogP contribution is 2.17. The van der Waals surface area contributed by atoms with Crippen LogP contribution in [0.15, 0.2) is 0 Å². The molecule has 1 rings (SSSR count). The molecule has 1 saturated heterocycles. The molecule has 1 heterocycles. The van der Waals surface area contributed by atoms with Gasteiger partial charge in [-0.25, -0.2) is 0 Å². The summed E-state index contributed by atoms with van der Waals surface area (Å²) in [4.78, 5) is 0. The molecule has 0 aliphatic carbocycles. The van der Waals surface area contributed by atoms with Crippen molar-refractivity contribution >= 4 is 0 Å². The first-order valence-corrected chi connectivity index (χ1v) is 4.18. The highest BCUT2D eigenvalue weighted by Gasteiger charge is 2.20. The van der Waals surface area contributed by atoms with Crippen LogP contribution in [0.1, 0.15) is 26.2 Å². The van der Waals surface area contributed by atoms with E-state index in [0.29, 0.717) is 12.0 Å². The lowest BCUT2D eigenvalue weighted by Crippen LogP contribution is -2.38. The smallest absolute Gasteiger partial charge is 0.0509 e. The molecule has 0 spiro atoms. The van der Waals surface area contributed by atoms with Crippen LogP contribution in [0.4, 0.5) is 0 Å². The molecule has 0 radical (unpaired) electrons. The highest BCUT2D eigenvalue weighted by molar-refractivity contribution is 4.75.